The molecular weight excluding hydrogens is 279 g/mol. The topological polar surface area (TPSA) is 40.5 Å². The first-order valence-electron chi connectivity index (χ1n) is 4.36. The van der Waals surface area contributed by atoms with Crippen molar-refractivity contribution in [2.75, 3.05) is 6.61 Å². The Kier molecular flexibility index (Phi) is 7.60. The molecule has 76 valence electrons. The summed E-state index contributed by atoms with van der Waals surface area (Å²) in [6, 6.07) is 0. The maximum atomic E-state index is 9.50. The van der Waals surface area contributed by atoms with E-state index >= 15 is 0 Å². The SMILES string of the molecule is CC(/C=C\I)=C\[C@H](C)[C@@H](O)CCO. The van der Waals surface area contributed by atoms with Gasteiger partial charge in [0.15, 0.2) is 0 Å². The van der Waals surface area contributed by atoms with Crippen LogP contribution in [0.3, 0.4) is 0 Å². The van der Waals surface area contributed by atoms with Crippen LogP contribution < -0.4 is 0 Å². The van der Waals surface area contributed by atoms with Gasteiger partial charge in [0.2, 0.25) is 0 Å². The summed E-state index contributed by atoms with van der Waals surface area (Å²) in [7, 11) is 0. The third-order valence-electron chi connectivity index (χ3n) is 1.88. The Hall–Kier alpha value is 0.130. The van der Waals surface area contributed by atoms with Crippen LogP contribution in [0, 0.1) is 5.92 Å². The van der Waals surface area contributed by atoms with Gasteiger partial charge in [0, 0.05) is 12.5 Å². The van der Waals surface area contributed by atoms with Crippen LogP contribution in [-0.4, -0.2) is 22.9 Å². The molecule has 0 heterocycles. The van der Waals surface area contributed by atoms with Crippen LogP contribution in [0.25, 0.3) is 0 Å². The Labute approximate surface area is 93.5 Å². The van der Waals surface area contributed by atoms with Crippen molar-refractivity contribution in [3.63, 3.8) is 0 Å². The quantitative estimate of drug-likeness (QED) is 0.603. The molecule has 0 saturated carbocycles. The monoisotopic (exact) mass is 296 g/mol. The summed E-state index contributed by atoms with van der Waals surface area (Å²) in [5, 5.41) is 18.1. The average molecular weight is 296 g/mol. The second-order valence-electron chi connectivity index (χ2n) is 3.14. The molecule has 0 aromatic heterocycles. The van der Waals surface area contributed by atoms with E-state index in [0.29, 0.717) is 6.42 Å². The standard InChI is InChI=1S/C10H17IO2/c1-8(3-5-11)7-9(2)10(13)4-6-12/h3,5,7,9-10,12-13H,4,6H2,1-2H3/b5-3-,8-7+/t9-,10-/m0/s1. The molecule has 0 saturated heterocycles. The van der Waals surface area contributed by atoms with Gasteiger partial charge in [-0.3, -0.25) is 0 Å². The van der Waals surface area contributed by atoms with Crippen molar-refractivity contribution in [2.24, 2.45) is 5.92 Å². The number of halogens is 1. The van der Waals surface area contributed by atoms with E-state index in [1.54, 1.807) is 0 Å². The van der Waals surface area contributed by atoms with Gasteiger partial charge in [-0.2, -0.15) is 0 Å². The summed E-state index contributed by atoms with van der Waals surface area (Å²) in [6.45, 7) is 3.99. The van der Waals surface area contributed by atoms with E-state index in [4.69, 9.17) is 5.11 Å². The second-order valence-corrected chi connectivity index (χ2v) is 3.86. The predicted molar refractivity (Wildman–Crippen MR) is 63.8 cm³/mol. The lowest BCUT2D eigenvalue weighted by atomic mass is 10.00. The highest BCUT2D eigenvalue weighted by Crippen LogP contribution is 2.11. The summed E-state index contributed by atoms with van der Waals surface area (Å²) >= 11 is 2.16. The predicted octanol–water partition coefficient (Wildman–Crippen LogP) is 2.26. The van der Waals surface area contributed by atoms with Crippen molar-refractivity contribution in [1.82, 2.24) is 0 Å². The average Bonchev–Trinajstić information content (AvgIpc) is 2.05. The van der Waals surface area contributed by atoms with Gasteiger partial charge in [-0.05, 0) is 17.4 Å². The van der Waals surface area contributed by atoms with Crippen molar-refractivity contribution in [3.05, 3.63) is 21.8 Å². The van der Waals surface area contributed by atoms with Crippen molar-refractivity contribution < 1.29 is 10.2 Å². The minimum Gasteiger partial charge on any atom is -0.396 e. The number of hydrogen-bond donors (Lipinski definition) is 2. The Balaban J connectivity index is 4.10. The van der Waals surface area contributed by atoms with Crippen LogP contribution in [0.4, 0.5) is 0 Å². The van der Waals surface area contributed by atoms with Gasteiger partial charge in [-0.1, -0.05) is 47.2 Å². The molecule has 0 amide bonds. The molecule has 0 bridgehead atoms. The third-order valence-corrected chi connectivity index (χ3v) is 2.24. The number of allylic oxidation sites excluding steroid dienone is 2. The van der Waals surface area contributed by atoms with E-state index in [1.807, 2.05) is 30.1 Å². The number of rotatable bonds is 5. The molecule has 3 heteroatoms. The molecule has 0 aliphatic rings. The lowest BCUT2D eigenvalue weighted by Gasteiger charge is -2.14. The maximum absolute atomic E-state index is 9.50. The Morgan fingerprint density at radius 1 is 1.54 bits per heavy atom. The highest BCUT2D eigenvalue weighted by Gasteiger charge is 2.10. The highest BCUT2D eigenvalue weighted by molar-refractivity contribution is 14.1. The molecule has 2 atom stereocenters. The normalized spacial score (nSPS) is 17.8. The first kappa shape index (κ1) is 13.1. The molecule has 0 aromatic carbocycles. The van der Waals surface area contributed by atoms with Gasteiger partial charge in [0.1, 0.15) is 0 Å². The minimum atomic E-state index is -0.442. The fraction of sp³-hybridized carbons (Fsp3) is 0.600. The van der Waals surface area contributed by atoms with Crippen LogP contribution in [-0.2, 0) is 0 Å². The van der Waals surface area contributed by atoms with Crippen molar-refractivity contribution in [2.45, 2.75) is 26.4 Å². The Bertz CT molecular complexity index is 187. The summed E-state index contributed by atoms with van der Waals surface area (Å²) < 4.78 is 1.94. The van der Waals surface area contributed by atoms with Crippen LogP contribution in [0.5, 0.6) is 0 Å². The van der Waals surface area contributed by atoms with Crippen LogP contribution in [0.15, 0.2) is 21.8 Å². The van der Waals surface area contributed by atoms with E-state index in [2.05, 4.69) is 22.6 Å². The number of hydrogen-bond acceptors (Lipinski definition) is 2. The molecule has 13 heavy (non-hydrogen) atoms. The van der Waals surface area contributed by atoms with Crippen molar-refractivity contribution in [3.8, 4) is 0 Å². The Morgan fingerprint density at radius 2 is 2.15 bits per heavy atom. The minimum absolute atomic E-state index is 0.0422. The summed E-state index contributed by atoms with van der Waals surface area (Å²) in [5.41, 5.74) is 1.14. The zero-order valence-electron chi connectivity index (χ0n) is 8.07. The van der Waals surface area contributed by atoms with Crippen LogP contribution in [0.1, 0.15) is 20.3 Å². The van der Waals surface area contributed by atoms with Crippen LogP contribution >= 0.6 is 22.6 Å². The molecular formula is C10H17IO2. The summed E-state index contributed by atoms with van der Waals surface area (Å²) in [5.74, 6) is 0.0970. The fourth-order valence-corrected chi connectivity index (χ4v) is 1.64. The van der Waals surface area contributed by atoms with Gasteiger partial charge in [0.05, 0.1) is 6.10 Å². The lowest BCUT2D eigenvalue weighted by molar-refractivity contribution is 0.103. The molecule has 0 aromatic rings. The maximum Gasteiger partial charge on any atom is 0.0622 e. The fourth-order valence-electron chi connectivity index (χ4n) is 1.08. The molecule has 0 radical (unpaired) electrons. The largest absolute Gasteiger partial charge is 0.396 e. The van der Waals surface area contributed by atoms with E-state index in [1.165, 1.54) is 0 Å². The van der Waals surface area contributed by atoms with Crippen molar-refractivity contribution >= 4 is 22.6 Å². The number of aliphatic hydroxyl groups is 2. The van der Waals surface area contributed by atoms with Gasteiger partial charge in [-0.15, -0.1) is 0 Å². The van der Waals surface area contributed by atoms with E-state index in [9.17, 15) is 5.11 Å². The molecule has 2 N–H and O–H groups in total. The van der Waals surface area contributed by atoms with Gasteiger partial charge in [-0.25, -0.2) is 0 Å². The Morgan fingerprint density at radius 3 is 2.62 bits per heavy atom. The van der Waals surface area contributed by atoms with Crippen molar-refractivity contribution in [1.29, 1.82) is 0 Å². The van der Waals surface area contributed by atoms with Gasteiger partial charge >= 0.3 is 0 Å². The van der Waals surface area contributed by atoms with E-state index in [-0.39, 0.29) is 12.5 Å². The molecule has 0 rings (SSSR count). The highest BCUT2D eigenvalue weighted by atomic mass is 127. The molecule has 0 fully saturated rings. The molecule has 0 unspecified atom stereocenters. The summed E-state index contributed by atoms with van der Waals surface area (Å²) in [4.78, 5) is 0. The van der Waals surface area contributed by atoms with E-state index < -0.39 is 6.10 Å². The lowest BCUT2D eigenvalue weighted by Crippen LogP contribution is -2.17. The first-order valence-corrected chi connectivity index (χ1v) is 5.60. The molecule has 2 nitrogen and oxygen atoms in total. The first-order chi connectivity index (χ1) is 6.11. The van der Waals surface area contributed by atoms with Gasteiger partial charge < -0.3 is 10.2 Å². The zero-order valence-corrected chi connectivity index (χ0v) is 10.2. The molecule has 0 spiro atoms. The summed E-state index contributed by atoms with van der Waals surface area (Å²) in [6.07, 6.45) is 4.00. The number of aliphatic hydroxyl groups excluding tert-OH is 2. The van der Waals surface area contributed by atoms with Crippen LogP contribution in [0.2, 0.25) is 0 Å². The molecule has 0 aliphatic heterocycles. The van der Waals surface area contributed by atoms with E-state index in [0.717, 1.165) is 5.57 Å². The zero-order chi connectivity index (χ0) is 10.3. The second kappa shape index (κ2) is 7.53. The van der Waals surface area contributed by atoms with Gasteiger partial charge in [0.25, 0.3) is 0 Å². The third kappa shape index (κ3) is 6.23. The molecule has 0 aliphatic carbocycles. The smallest absolute Gasteiger partial charge is 0.0622 e.